The number of thioether (sulfide) groups is 1. The summed E-state index contributed by atoms with van der Waals surface area (Å²) in [7, 11) is 0. The Morgan fingerprint density at radius 3 is 2.42 bits per heavy atom. The van der Waals surface area contributed by atoms with Gasteiger partial charge in [-0.2, -0.15) is 0 Å². The van der Waals surface area contributed by atoms with E-state index in [2.05, 4.69) is 22.0 Å². The average molecular weight is 377 g/mol. The average Bonchev–Trinajstić information content (AvgIpc) is 3.06. The predicted molar refractivity (Wildman–Crippen MR) is 99.7 cm³/mol. The minimum absolute atomic E-state index is 0.0751. The van der Waals surface area contributed by atoms with Gasteiger partial charge in [0.2, 0.25) is 5.91 Å². The van der Waals surface area contributed by atoms with Crippen LogP contribution in [0, 0.1) is 5.82 Å². The van der Waals surface area contributed by atoms with E-state index in [0.717, 1.165) is 24.6 Å². The van der Waals surface area contributed by atoms with Gasteiger partial charge in [0.1, 0.15) is 5.82 Å². The Labute approximate surface area is 157 Å². The number of nitrogens with zero attached hydrogens (tertiary/aromatic N) is 4. The number of likely N-dealkylation sites (tertiary alicyclic amines) is 1. The SMILES string of the molecule is CC(Sc1nnc(C(C)N2CCCCC2)n1-c1ccc(F)cc1)C(N)=O. The van der Waals surface area contributed by atoms with Gasteiger partial charge in [0, 0.05) is 5.69 Å². The number of benzene rings is 1. The van der Waals surface area contributed by atoms with Gasteiger partial charge in [-0.3, -0.25) is 14.3 Å². The Balaban J connectivity index is 1.99. The molecule has 1 aromatic heterocycles. The molecule has 1 aliphatic heterocycles. The van der Waals surface area contributed by atoms with Crippen molar-refractivity contribution in [1.29, 1.82) is 0 Å². The fourth-order valence-electron chi connectivity index (χ4n) is 3.15. The van der Waals surface area contributed by atoms with Crippen molar-refractivity contribution in [3.05, 3.63) is 35.9 Å². The topological polar surface area (TPSA) is 77.0 Å². The zero-order chi connectivity index (χ0) is 18.7. The number of carbonyl (C=O) groups is 1. The highest BCUT2D eigenvalue weighted by atomic mass is 32.2. The first-order valence-corrected chi connectivity index (χ1v) is 9.76. The van der Waals surface area contributed by atoms with Crippen molar-refractivity contribution in [3.8, 4) is 5.69 Å². The molecule has 0 spiro atoms. The summed E-state index contributed by atoms with van der Waals surface area (Å²) in [6.45, 7) is 5.90. The number of hydrogen-bond donors (Lipinski definition) is 1. The van der Waals surface area contributed by atoms with Gasteiger partial charge in [-0.1, -0.05) is 18.2 Å². The summed E-state index contributed by atoms with van der Waals surface area (Å²) in [6.07, 6.45) is 3.61. The van der Waals surface area contributed by atoms with Crippen molar-refractivity contribution >= 4 is 17.7 Å². The molecule has 1 aliphatic rings. The number of amides is 1. The minimum atomic E-state index is -0.434. The molecule has 2 aromatic rings. The maximum absolute atomic E-state index is 13.4. The summed E-state index contributed by atoms with van der Waals surface area (Å²) in [5, 5.41) is 8.86. The van der Waals surface area contributed by atoms with Crippen molar-refractivity contribution in [2.45, 2.75) is 49.6 Å². The lowest BCUT2D eigenvalue weighted by Gasteiger charge is -2.31. The van der Waals surface area contributed by atoms with Gasteiger partial charge >= 0.3 is 0 Å². The highest BCUT2D eigenvalue weighted by molar-refractivity contribution is 8.00. The van der Waals surface area contributed by atoms with Gasteiger partial charge in [-0.15, -0.1) is 10.2 Å². The molecular weight excluding hydrogens is 353 g/mol. The van der Waals surface area contributed by atoms with Crippen molar-refractivity contribution < 1.29 is 9.18 Å². The number of piperidine rings is 1. The number of aromatic nitrogens is 3. The Kier molecular flexibility index (Phi) is 5.93. The highest BCUT2D eigenvalue weighted by Crippen LogP contribution is 2.30. The second kappa shape index (κ2) is 8.18. The van der Waals surface area contributed by atoms with Crippen LogP contribution in [0.1, 0.15) is 45.0 Å². The van der Waals surface area contributed by atoms with Crippen LogP contribution in [0.5, 0.6) is 0 Å². The van der Waals surface area contributed by atoms with Crippen molar-refractivity contribution in [2.24, 2.45) is 5.73 Å². The van der Waals surface area contributed by atoms with Crippen LogP contribution in [-0.2, 0) is 4.79 Å². The van der Waals surface area contributed by atoms with Gasteiger partial charge in [0.25, 0.3) is 0 Å². The third-order valence-corrected chi connectivity index (χ3v) is 5.80. The molecule has 2 heterocycles. The molecule has 6 nitrogen and oxygen atoms in total. The molecule has 1 amide bonds. The first-order chi connectivity index (χ1) is 12.5. The molecule has 0 bridgehead atoms. The third kappa shape index (κ3) is 4.07. The van der Waals surface area contributed by atoms with Crippen LogP contribution >= 0.6 is 11.8 Å². The lowest BCUT2D eigenvalue weighted by molar-refractivity contribution is -0.117. The van der Waals surface area contributed by atoms with E-state index in [9.17, 15) is 9.18 Å². The van der Waals surface area contributed by atoms with Crippen molar-refractivity contribution in [2.75, 3.05) is 13.1 Å². The molecule has 0 radical (unpaired) electrons. The Morgan fingerprint density at radius 1 is 1.15 bits per heavy atom. The van der Waals surface area contributed by atoms with E-state index in [1.165, 1.54) is 43.2 Å². The summed E-state index contributed by atoms with van der Waals surface area (Å²) < 4.78 is 15.3. The number of hydrogen-bond acceptors (Lipinski definition) is 5. The van der Waals surface area contributed by atoms with Crippen LogP contribution in [0.25, 0.3) is 5.69 Å². The van der Waals surface area contributed by atoms with E-state index in [4.69, 9.17) is 5.73 Å². The fourth-order valence-corrected chi connectivity index (χ4v) is 3.97. The number of nitrogens with two attached hydrogens (primary N) is 1. The maximum Gasteiger partial charge on any atom is 0.230 e. The smallest absolute Gasteiger partial charge is 0.230 e. The summed E-state index contributed by atoms with van der Waals surface area (Å²) in [6, 6.07) is 6.30. The zero-order valence-corrected chi connectivity index (χ0v) is 15.9. The van der Waals surface area contributed by atoms with Crippen LogP contribution in [0.2, 0.25) is 0 Å². The monoisotopic (exact) mass is 377 g/mol. The summed E-state index contributed by atoms with van der Waals surface area (Å²) in [5.74, 6) is 0.0825. The minimum Gasteiger partial charge on any atom is -0.369 e. The van der Waals surface area contributed by atoms with Gasteiger partial charge in [0.05, 0.1) is 11.3 Å². The van der Waals surface area contributed by atoms with Gasteiger partial charge in [-0.25, -0.2) is 4.39 Å². The Hall–Kier alpha value is -1.93. The molecule has 8 heteroatoms. The first-order valence-electron chi connectivity index (χ1n) is 8.88. The number of primary amides is 1. The summed E-state index contributed by atoms with van der Waals surface area (Å²) in [4.78, 5) is 13.9. The summed E-state index contributed by atoms with van der Waals surface area (Å²) in [5.41, 5.74) is 6.17. The van der Waals surface area contributed by atoms with Crippen molar-refractivity contribution in [1.82, 2.24) is 19.7 Å². The molecule has 1 fully saturated rings. The van der Waals surface area contributed by atoms with E-state index in [1.807, 2.05) is 4.57 Å². The molecule has 0 aliphatic carbocycles. The fraction of sp³-hybridized carbons (Fsp3) is 0.500. The van der Waals surface area contributed by atoms with E-state index >= 15 is 0 Å². The summed E-state index contributed by atoms with van der Waals surface area (Å²) >= 11 is 1.26. The van der Waals surface area contributed by atoms with Crippen LogP contribution in [0.3, 0.4) is 0 Å². The molecule has 3 rings (SSSR count). The standard InChI is InChI=1S/C18H24FN5OS/c1-12(23-10-4-3-5-11-23)17-21-22-18(26-13(2)16(20)25)24(17)15-8-6-14(19)7-9-15/h6-9,12-13H,3-5,10-11H2,1-2H3,(H2,20,25). The first kappa shape index (κ1) is 18.8. The molecule has 0 saturated carbocycles. The quantitative estimate of drug-likeness (QED) is 0.783. The second-order valence-electron chi connectivity index (χ2n) is 6.59. The Bertz CT molecular complexity index is 757. The van der Waals surface area contributed by atoms with E-state index < -0.39 is 11.2 Å². The lowest BCUT2D eigenvalue weighted by atomic mass is 10.1. The number of carbonyl (C=O) groups excluding carboxylic acids is 1. The lowest BCUT2D eigenvalue weighted by Crippen LogP contribution is -2.33. The van der Waals surface area contributed by atoms with Crippen LogP contribution in [-0.4, -0.2) is 43.9 Å². The van der Waals surface area contributed by atoms with Gasteiger partial charge < -0.3 is 5.73 Å². The van der Waals surface area contributed by atoms with Crippen LogP contribution < -0.4 is 5.73 Å². The molecule has 2 N–H and O–H groups in total. The Morgan fingerprint density at radius 2 is 1.81 bits per heavy atom. The predicted octanol–water partition coefficient (Wildman–Crippen LogP) is 2.92. The molecule has 26 heavy (non-hydrogen) atoms. The maximum atomic E-state index is 13.4. The van der Waals surface area contributed by atoms with E-state index in [-0.39, 0.29) is 11.9 Å². The number of halogens is 1. The van der Waals surface area contributed by atoms with E-state index in [0.29, 0.717) is 5.16 Å². The van der Waals surface area contributed by atoms with Gasteiger partial charge in [0.15, 0.2) is 11.0 Å². The largest absolute Gasteiger partial charge is 0.369 e. The highest BCUT2D eigenvalue weighted by Gasteiger charge is 2.26. The normalized spacial score (nSPS) is 17.8. The third-order valence-electron chi connectivity index (χ3n) is 4.74. The number of rotatable bonds is 6. The van der Waals surface area contributed by atoms with E-state index in [1.54, 1.807) is 19.1 Å². The zero-order valence-electron chi connectivity index (χ0n) is 15.1. The molecule has 2 atom stereocenters. The second-order valence-corrected chi connectivity index (χ2v) is 7.90. The van der Waals surface area contributed by atoms with Gasteiger partial charge in [-0.05, 0) is 64.0 Å². The molecule has 1 aromatic carbocycles. The molecule has 140 valence electrons. The molecular formula is C18H24FN5OS. The molecule has 2 unspecified atom stereocenters. The molecule has 1 saturated heterocycles. The van der Waals surface area contributed by atoms with Crippen molar-refractivity contribution in [3.63, 3.8) is 0 Å². The van der Waals surface area contributed by atoms with Crippen LogP contribution in [0.15, 0.2) is 29.4 Å². The van der Waals surface area contributed by atoms with Crippen LogP contribution in [0.4, 0.5) is 4.39 Å².